The highest BCUT2D eigenvalue weighted by molar-refractivity contribution is 5.63. The van der Waals surface area contributed by atoms with Crippen LogP contribution in [0, 0.1) is 0 Å². The lowest BCUT2D eigenvalue weighted by Gasteiger charge is -2.23. The molecular formula is C18H23N3O. The minimum Gasteiger partial charge on any atom is -0.493 e. The average molecular weight is 297 g/mol. The van der Waals surface area contributed by atoms with E-state index in [2.05, 4.69) is 41.2 Å². The topological polar surface area (TPSA) is 39.1 Å². The fraction of sp³-hybridized carbons (Fsp3) is 0.500. The SMILES string of the molecule is CCn1nc(-c2ccc3c(c2)OCC3)cc1C1CCNCC1. The van der Waals surface area contributed by atoms with Gasteiger partial charge in [0, 0.05) is 30.1 Å². The largest absolute Gasteiger partial charge is 0.493 e. The van der Waals surface area contributed by atoms with Gasteiger partial charge in [-0.05, 0) is 50.6 Å². The molecule has 4 nitrogen and oxygen atoms in total. The van der Waals surface area contributed by atoms with Gasteiger partial charge in [0.15, 0.2) is 0 Å². The molecule has 2 aliphatic rings. The zero-order chi connectivity index (χ0) is 14.9. The summed E-state index contributed by atoms with van der Waals surface area (Å²) in [6.07, 6.45) is 3.44. The number of hydrogen-bond acceptors (Lipinski definition) is 3. The van der Waals surface area contributed by atoms with E-state index in [9.17, 15) is 0 Å². The van der Waals surface area contributed by atoms with Crippen LogP contribution < -0.4 is 10.1 Å². The minimum atomic E-state index is 0.633. The van der Waals surface area contributed by atoms with Gasteiger partial charge in [0.1, 0.15) is 5.75 Å². The van der Waals surface area contributed by atoms with Crippen molar-refractivity contribution < 1.29 is 4.74 Å². The first-order valence-corrected chi connectivity index (χ1v) is 8.39. The Labute approximate surface area is 131 Å². The zero-order valence-electron chi connectivity index (χ0n) is 13.1. The van der Waals surface area contributed by atoms with Gasteiger partial charge >= 0.3 is 0 Å². The molecule has 2 aromatic rings. The van der Waals surface area contributed by atoms with E-state index in [1.165, 1.54) is 29.7 Å². The number of piperidine rings is 1. The van der Waals surface area contributed by atoms with Crippen LogP contribution in [-0.4, -0.2) is 29.5 Å². The van der Waals surface area contributed by atoms with E-state index in [4.69, 9.17) is 9.84 Å². The summed E-state index contributed by atoms with van der Waals surface area (Å²) in [5, 5.41) is 8.28. The fourth-order valence-corrected chi connectivity index (χ4v) is 3.60. The molecule has 4 rings (SSSR count). The smallest absolute Gasteiger partial charge is 0.123 e. The van der Waals surface area contributed by atoms with Crippen molar-refractivity contribution in [2.75, 3.05) is 19.7 Å². The van der Waals surface area contributed by atoms with Crippen LogP contribution in [0.3, 0.4) is 0 Å². The lowest BCUT2D eigenvalue weighted by Crippen LogP contribution is -2.27. The van der Waals surface area contributed by atoms with Gasteiger partial charge in [0.2, 0.25) is 0 Å². The molecule has 1 aromatic heterocycles. The maximum atomic E-state index is 5.70. The Bertz CT molecular complexity index is 671. The van der Waals surface area contributed by atoms with Crippen molar-refractivity contribution in [2.24, 2.45) is 0 Å². The third-order valence-electron chi connectivity index (χ3n) is 4.86. The van der Waals surface area contributed by atoms with E-state index < -0.39 is 0 Å². The molecule has 1 saturated heterocycles. The highest BCUT2D eigenvalue weighted by Crippen LogP contribution is 2.33. The molecule has 1 aromatic carbocycles. The van der Waals surface area contributed by atoms with E-state index >= 15 is 0 Å². The Morgan fingerprint density at radius 3 is 2.95 bits per heavy atom. The molecule has 4 heteroatoms. The predicted molar refractivity (Wildman–Crippen MR) is 87.4 cm³/mol. The predicted octanol–water partition coefficient (Wildman–Crippen LogP) is 2.97. The van der Waals surface area contributed by atoms with Gasteiger partial charge in [-0.3, -0.25) is 4.68 Å². The van der Waals surface area contributed by atoms with Gasteiger partial charge in [0.25, 0.3) is 0 Å². The number of aromatic nitrogens is 2. The molecule has 0 bridgehead atoms. The summed E-state index contributed by atoms with van der Waals surface area (Å²) in [6, 6.07) is 8.81. The van der Waals surface area contributed by atoms with E-state index in [-0.39, 0.29) is 0 Å². The minimum absolute atomic E-state index is 0.633. The molecule has 116 valence electrons. The van der Waals surface area contributed by atoms with Crippen molar-refractivity contribution in [1.82, 2.24) is 15.1 Å². The standard InChI is InChI=1S/C18H23N3O/c1-2-21-17(13-5-8-19-9-6-13)12-16(20-21)15-4-3-14-7-10-22-18(14)11-15/h3-4,11-13,19H,2,5-10H2,1H3. The second kappa shape index (κ2) is 5.76. The number of rotatable bonds is 3. The van der Waals surface area contributed by atoms with Crippen molar-refractivity contribution in [1.29, 1.82) is 0 Å². The summed E-state index contributed by atoms with van der Waals surface area (Å²) >= 11 is 0. The lowest BCUT2D eigenvalue weighted by atomic mass is 9.94. The van der Waals surface area contributed by atoms with Gasteiger partial charge < -0.3 is 10.1 Å². The normalized spacial score (nSPS) is 18.2. The van der Waals surface area contributed by atoms with Gasteiger partial charge in [0.05, 0.1) is 12.3 Å². The summed E-state index contributed by atoms with van der Waals surface area (Å²) in [6.45, 7) is 6.14. The molecule has 0 atom stereocenters. The molecule has 0 unspecified atom stereocenters. The van der Waals surface area contributed by atoms with E-state index in [0.29, 0.717) is 5.92 Å². The number of fused-ring (bicyclic) bond motifs is 1. The van der Waals surface area contributed by atoms with E-state index in [1.54, 1.807) is 0 Å². The van der Waals surface area contributed by atoms with Gasteiger partial charge in [-0.2, -0.15) is 5.10 Å². The molecule has 1 N–H and O–H groups in total. The number of hydrogen-bond donors (Lipinski definition) is 1. The van der Waals surface area contributed by atoms with Crippen molar-refractivity contribution in [3.63, 3.8) is 0 Å². The summed E-state index contributed by atoms with van der Waals surface area (Å²) in [4.78, 5) is 0. The van der Waals surface area contributed by atoms with Gasteiger partial charge in [-0.25, -0.2) is 0 Å². The molecule has 0 radical (unpaired) electrons. The molecule has 0 saturated carbocycles. The van der Waals surface area contributed by atoms with Crippen molar-refractivity contribution in [2.45, 2.75) is 38.6 Å². The summed E-state index contributed by atoms with van der Waals surface area (Å²) in [7, 11) is 0. The molecule has 0 amide bonds. The van der Waals surface area contributed by atoms with Crippen LogP contribution in [0.4, 0.5) is 0 Å². The van der Waals surface area contributed by atoms with Gasteiger partial charge in [-0.1, -0.05) is 12.1 Å². The number of nitrogens with zero attached hydrogens (tertiary/aromatic N) is 2. The fourth-order valence-electron chi connectivity index (χ4n) is 3.60. The van der Waals surface area contributed by atoms with Gasteiger partial charge in [-0.15, -0.1) is 0 Å². The Morgan fingerprint density at radius 2 is 2.14 bits per heavy atom. The number of benzene rings is 1. The second-order valence-electron chi connectivity index (χ2n) is 6.22. The second-order valence-corrected chi connectivity index (χ2v) is 6.22. The molecule has 2 aliphatic heterocycles. The molecule has 0 aliphatic carbocycles. The Kier molecular flexibility index (Phi) is 3.62. The van der Waals surface area contributed by atoms with Crippen molar-refractivity contribution in [3.05, 3.63) is 35.5 Å². The Hall–Kier alpha value is -1.81. The Balaban J connectivity index is 1.68. The van der Waals surface area contributed by atoms with Crippen LogP contribution in [0.1, 0.15) is 36.9 Å². The first kappa shape index (κ1) is 13.8. The van der Waals surface area contributed by atoms with Crippen LogP contribution in [0.25, 0.3) is 11.3 Å². The molecule has 3 heterocycles. The maximum Gasteiger partial charge on any atom is 0.123 e. The number of nitrogens with one attached hydrogen (secondary N) is 1. The first-order chi connectivity index (χ1) is 10.8. The van der Waals surface area contributed by atoms with E-state index in [1.807, 2.05) is 0 Å². The van der Waals surface area contributed by atoms with Crippen LogP contribution >= 0.6 is 0 Å². The van der Waals surface area contributed by atoms with Crippen LogP contribution in [-0.2, 0) is 13.0 Å². The zero-order valence-corrected chi connectivity index (χ0v) is 13.1. The van der Waals surface area contributed by atoms with Crippen LogP contribution in [0.5, 0.6) is 5.75 Å². The summed E-state index contributed by atoms with van der Waals surface area (Å²) in [5.74, 6) is 1.67. The third kappa shape index (κ3) is 2.41. The number of aryl methyl sites for hydroxylation is 1. The quantitative estimate of drug-likeness (QED) is 0.946. The molecular weight excluding hydrogens is 274 g/mol. The molecule has 1 fully saturated rings. The average Bonchev–Trinajstić information content (AvgIpc) is 3.21. The molecule has 22 heavy (non-hydrogen) atoms. The highest BCUT2D eigenvalue weighted by atomic mass is 16.5. The highest BCUT2D eigenvalue weighted by Gasteiger charge is 2.21. The lowest BCUT2D eigenvalue weighted by molar-refractivity contribution is 0.357. The summed E-state index contributed by atoms with van der Waals surface area (Å²) in [5.41, 5.74) is 4.95. The van der Waals surface area contributed by atoms with Crippen molar-refractivity contribution >= 4 is 0 Å². The summed E-state index contributed by atoms with van der Waals surface area (Å²) < 4.78 is 7.88. The van der Waals surface area contributed by atoms with Crippen molar-refractivity contribution in [3.8, 4) is 17.0 Å². The van der Waals surface area contributed by atoms with Crippen LogP contribution in [0.15, 0.2) is 24.3 Å². The van der Waals surface area contributed by atoms with Crippen LogP contribution in [0.2, 0.25) is 0 Å². The molecule has 0 spiro atoms. The maximum absolute atomic E-state index is 5.70. The number of ether oxygens (including phenoxy) is 1. The third-order valence-corrected chi connectivity index (χ3v) is 4.86. The monoisotopic (exact) mass is 297 g/mol. The van der Waals surface area contributed by atoms with E-state index in [0.717, 1.165) is 44.1 Å². The first-order valence-electron chi connectivity index (χ1n) is 8.39. The Morgan fingerprint density at radius 1 is 1.27 bits per heavy atom.